The maximum Gasteiger partial charge on any atom is 0.326 e. The Kier molecular flexibility index (Phi) is 5.41. The number of para-hydroxylation sites is 1. The minimum absolute atomic E-state index is 0.0139. The van der Waals surface area contributed by atoms with Crippen molar-refractivity contribution in [3.05, 3.63) is 29.8 Å². The van der Waals surface area contributed by atoms with Crippen molar-refractivity contribution in [2.24, 2.45) is 0 Å². The summed E-state index contributed by atoms with van der Waals surface area (Å²) in [5, 5.41) is 9.28. The average Bonchev–Trinajstić information content (AvgIpc) is 2.54. The molecule has 5 heteroatoms. The Hall–Kier alpha value is -2.04. The van der Waals surface area contributed by atoms with Crippen LogP contribution < -0.4 is 4.74 Å². The summed E-state index contributed by atoms with van der Waals surface area (Å²) in [5.74, 6) is -0.250. The molecular formula is C17H23NO4. The van der Waals surface area contributed by atoms with Crippen LogP contribution in [0.1, 0.15) is 44.1 Å². The predicted molar refractivity (Wildman–Crippen MR) is 83.0 cm³/mol. The largest absolute Gasteiger partial charge is 0.496 e. The van der Waals surface area contributed by atoms with Crippen molar-refractivity contribution in [1.29, 1.82) is 0 Å². The lowest BCUT2D eigenvalue weighted by atomic mass is 9.94. The summed E-state index contributed by atoms with van der Waals surface area (Å²) in [6.45, 7) is 2.50. The molecule has 22 heavy (non-hydrogen) atoms. The van der Waals surface area contributed by atoms with E-state index in [2.05, 4.69) is 0 Å². The van der Waals surface area contributed by atoms with Gasteiger partial charge in [0.1, 0.15) is 11.8 Å². The summed E-state index contributed by atoms with van der Waals surface area (Å²) in [6, 6.07) is 6.95. The van der Waals surface area contributed by atoms with Crippen molar-refractivity contribution >= 4 is 11.9 Å². The van der Waals surface area contributed by atoms with Gasteiger partial charge in [0.15, 0.2) is 0 Å². The number of carbonyl (C=O) groups excluding carboxylic acids is 1. The number of aliphatic carboxylic acids is 1. The fourth-order valence-electron chi connectivity index (χ4n) is 3.05. The third-order valence-corrected chi connectivity index (χ3v) is 4.26. The second-order valence-electron chi connectivity index (χ2n) is 5.78. The number of hydrogen-bond donors (Lipinski definition) is 1. The number of carboxylic acid groups (broad SMARTS) is 1. The SMILES string of the molecule is COc1ccccc1C(C)CC(=O)N1CCCCC1C(=O)O. The number of carboxylic acids is 1. The first-order chi connectivity index (χ1) is 10.5. The van der Waals surface area contributed by atoms with Gasteiger partial charge in [-0.05, 0) is 36.8 Å². The zero-order chi connectivity index (χ0) is 16.1. The fourth-order valence-corrected chi connectivity index (χ4v) is 3.05. The Morgan fingerprint density at radius 1 is 1.36 bits per heavy atom. The number of ether oxygens (including phenoxy) is 1. The standard InChI is InChI=1S/C17H23NO4/c1-12(13-7-3-4-9-15(13)22-2)11-16(19)18-10-6-5-8-14(18)17(20)21/h3-4,7,9,12,14H,5-6,8,10-11H2,1-2H3,(H,20,21). The highest BCUT2D eigenvalue weighted by atomic mass is 16.5. The summed E-state index contributed by atoms with van der Waals surface area (Å²) >= 11 is 0. The monoisotopic (exact) mass is 305 g/mol. The summed E-state index contributed by atoms with van der Waals surface area (Å²) < 4.78 is 5.33. The summed E-state index contributed by atoms with van der Waals surface area (Å²) in [6.07, 6.45) is 2.58. The van der Waals surface area contributed by atoms with Gasteiger partial charge in [-0.15, -0.1) is 0 Å². The van der Waals surface area contributed by atoms with Crippen LogP contribution in [0, 0.1) is 0 Å². The molecule has 0 aromatic heterocycles. The van der Waals surface area contributed by atoms with Gasteiger partial charge in [0.25, 0.3) is 0 Å². The van der Waals surface area contributed by atoms with Gasteiger partial charge in [0.2, 0.25) is 5.91 Å². The van der Waals surface area contributed by atoms with Gasteiger partial charge < -0.3 is 14.7 Å². The molecule has 2 unspecified atom stereocenters. The lowest BCUT2D eigenvalue weighted by Crippen LogP contribution is -2.48. The number of nitrogens with zero attached hydrogens (tertiary/aromatic N) is 1. The maximum atomic E-state index is 12.5. The average molecular weight is 305 g/mol. The van der Waals surface area contributed by atoms with Crippen molar-refractivity contribution in [1.82, 2.24) is 4.90 Å². The highest BCUT2D eigenvalue weighted by Gasteiger charge is 2.32. The van der Waals surface area contributed by atoms with Gasteiger partial charge in [-0.2, -0.15) is 0 Å². The van der Waals surface area contributed by atoms with Crippen LogP contribution in [-0.2, 0) is 9.59 Å². The minimum atomic E-state index is -0.905. The molecule has 1 heterocycles. The van der Waals surface area contributed by atoms with E-state index in [1.165, 1.54) is 4.90 Å². The lowest BCUT2D eigenvalue weighted by molar-refractivity contribution is -0.152. The van der Waals surface area contributed by atoms with E-state index in [-0.39, 0.29) is 11.8 Å². The molecule has 2 rings (SSSR count). The van der Waals surface area contributed by atoms with E-state index < -0.39 is 12.0 Å². The van der Waals surface area contributed by atoms with Gasteiger partial charge in [-0.3, -0.25) is 4.79 Å². The van der Waals surface area contributed by atoms with Gasteiger partial charge in [0, 0.05) is 13.0 Å². The molecule has 0 bridgehead atoms. The number of rotatable bonds is 5. The Labute approximate surface area is 130 Å². The van der Waals surface area contributed by atoms with Gasteiger partial charge in [-0.25, -0.2) is 4.79 Å². The van der Waals surface area contributed by atoms with E-state index in [4.69, 9.17) is 4.74 Å². The van der Waals surface area contributed by atoms with Crippen LogP contribution in [0.3, 0.4) is 0 Å². The molecule has 5 nitrogen and oxygen atoms in total. The molecule has 0 radical (unpaired) electrons. The first kappa shape index (κ1) is 16.3. The number of piperidine rings is 1. The zero-order valence-electron chi connectivity index (χ0n) is 13.1. The fraction of sp³-hybridized carbons (Fsp3) is 0.529. The zero-order valence-corrected chi connectivity index (χ0v) is 13.1. The molecule has 0 aliphatic carbocycles. The smallest absolute Gasteiger partial charge is 0.326 e. The van der Waals surface area contributed by atoms with Crippen LogP contribution in [0.4, 0.5) is 0 Å². The van der Waals surface area contributed by atoms with E-state index in [1.807, 2.05) is 31.2 Å². The highest BCUT2D eigenvalue weighted by molar-refractivity contribution is 5.84. The molecule has 1 fully saturated rings. The molecule has 1 aromatic carbocycles. The topological polar surface area (TPSA) is 66.8 Å². The van der Waals surface area contributed by atoms with Crippen molar-refractivity contribution in [3.63, 3.8) is 0 Å². The van der Waals surface area contributed by atoms with Crippen LogP contribution in [0.15, 0.2) is 24.3 Å². The lowest BCUT2D eigenvalue weighted by Gasteiger charge is -2.33. The van der Waals surface area contributed by atoms with Crippen LogP contribution >= 0.6 is 0 Å². The Bertz CT molecular complexity index is 543. The molecule has 0 spiro atoms. The summed E-state index contributed by atoms with van der Waals surface area (Å²) in [4.78, 5) is 25.4. The Morgan fingerprint density at radius 3 is 2.77 bits per heavy atom. The third kappa shape index (κ3) is 3.59. The van der Waals surface area contributed by atoms with E-state index in [9.17, 15) is 14.7 Å². The van der Waals surface area contributed by atoms with E-state index in [0.717, 1.165) is 24.2 Å². The highest BCUT2D eigenvalue weighted by Crippen LogP contribution is 2.30. The van der Waals surface area contributed by atoms with Crippen molar-refractivity contribution in [2.45, 2.75) is 44.6 Å². The van der Waals surface area contributed by atoms with Crippen LogP contribution in [0.25, 0.3) is 0 Å². The van der Waals surface area contributed by atoms with Crippen LogP contribution in [0.2, 0.25) is 0 Å². The molecule has 1 N–H and O–H groups in total. The molecule has 120 valence electrons. The second-order valence-corrected chi connectivity index (χ2v) is 5.78. The molecule has 0 saturated carbocycles. The third-order valence-electron chi connectivity index (χ3n) is 4.26. The molecule has 1 aliphatic heterocycles. The number of likely N-dealkylation sites (tertiary alicyclic amines) is 1. The van der Waals surface area contributed by atoms with Gasteiger partial charge in [0.05, 0.1) is 7.11 Å². The second kappa shape index (κ2) is 7.29. The number of hydrogen-bond acceptors (Lipinski definition) is 3. The quantitative estimate of drug-likeness (QED) is 0.908. The first-order valence-corrected chi connectivity index (χ1v) is 7.69. The summed E-state index contributed by atoms with van der Waals surface area (Å²) in [5.41, 5.74) is 0.974. The van der Waals surface area contributed by atoms with Gasteiger partial charge in [-0.1, -0.05) is 25.1 Å². The van der Waals surface area contributed by atoms with Crippen molar-refractivity contribution in [3.8, 4) is 5.75 Å². The Morgan fingerprint density at radius 2 is 2.09 bits per heavy atom. The van der Waals surface area contributed by atoms with Gasteiger partial charge >= 0.3 is 5.97 Å². The number of carbonyl (C=O) groups is 2. The molecule has 2 atom stereocenters. The van der Waals surface area contributed by atoms with Crippen LogP contribution in [0.5, 0.6) is 5.75 Å². The Balaban J connectivity index is 2.08. The summed E-state index contributed by atoms with van der Waals surface area (Å²) in [7, 11) is 1.61. The number of amides is 1. The molecule has 1 aliphatic rings. The minimum Gasteiger partial charge on any atom is -0.496 e. The molecule has 1 saturated heterocycles. The van der Waals surface area contributed by atoms with Crippen molar-refractivity contribution in [2.75, 3.05) is 13.7 Å². The number of benzene rings is 1. The van der Waals surface area contributed by atoms with E-state index in [0.29, 0.717) is 19.4 Å². The normalized spacial score (nSPS) is 19.5. The predicted octanol–water partition coefficient (Wildman–Crippen LogP) is 2.65. The first-order valence-electron chi connectivity index (χ1n) is 7.69. The van der Waals surface area contributed by atoms with Crippen LogP contribution in [-0.4, -0.2) is 41.6 Å². The van der Waals surface area contributed by atoms with E-state index in [1.54, 1.807) is 7.11 Å². The van der Waals surface area contributed by atoms with E-state index >= 15 is 0 Å². The molecule has 1 aromatic rings. The molecular weight excluding hydrogens is 282 g/mol. The maximum absolute atomic E-state index is 12.5. The molecule has 1 amide bonds. The van der Waals surface area contributed by atoms with Crippen molar-refractivity contribution < 1.29 is 19.4 Å². The number of methoxy groups -OCH3 is 1.